The number of hydrogen-bond acceptors (Lipinski definition) is 4. The molecule has 0 aliphatic carbocycles. The molecular weight excluding hydrogens is 237 g/mol. The van der Waals surface area contributed by atoms with E-state index in [4.69, 9.17) is 5.73 Å². The molecule has 0 amide bonds. The number of alkyl halides is 3. The number of pyridine rings is 1. The Kier molecular flexibility index (Phi) is 4.06. The third-order valence-corrected chi connectivity index (χ3v) is 1.94. The summed E-state index contributed by atoms with van der Waals surface area (Å²) in [5.74, 6) is -1.05. The third-order valence-electron chi connectivity index (χ3n) is 1.94. The molecule has 0 aromatic carbocycles. The predicted molar refractivity (Wildman–Crippen MR) is 53.1 cm³/mol. The van der Waals surface area contributed by atoms with Crippen LogP contribution in [0.4, 0.5) is 13.2 Å². The van der Waals surface area contributed by atoms with Gasteiger partial charge in [0.2, 0.25) is 0 Å². The molecular formula is C10H11F3N2O2. The summed E-state index contributed by atoms with van der Waals surface area (Å²) in [6, 6.07) is 1.05. The zero-order valence-electron chi connectivity index (χ0n) is 9.04. The standard InChI is InChI=1S/C10H11F3N2O2/c1-2-17-9(16)7-3-6(4-14)5-15-8(7)10(11,12)13/h3,5H,2,4,14H2,1H3. The lowest BCUT2D eigenvalue weighted by Gasteiger charge is -2.11. The fourth-order valence-corrected chi connectivity index (χ4v) is 1.21. The van der Waals surface area contributed by atoms with Gasteiger partial charge < -0.3 is 10.5 Å². The number of carbonyl (C=O) groups is 1. The number of nitrogens with zero attached hydrogens (tertiary/aromatic N) is 1. The van der Waals surface area contributed by atoms with Crippen molar-refractivity contribution in [3.8, 4) is 0 Å². The molecule has 0 bridgehead atoms. The van der Waals surface area contributed by atoms with Crippen molar-refractivity contribution in [3.05, 3.63) is 29.1 Å². The molecule has 0 atom stereocenters. The van der Waals surface area contributed by atoms with E-state index in [-0.39, 0.29) is 13.2 Å². The minimum Gasteiger partial charge on any atom is -0.462 e. The number of aromatic nitrogens is 1. The van der Waals surface area contributed by atoms with Gasteiger partial charge in [0.15, 0.2) is 5.69 Å². The second-order valence-electron chi connectivity index (χ2n) is 3.16. The second-order valence-corrected chi connectivity index (χ2v) is 3.16. The maximum atomic E-state index is 12.6. The van der Waals surface area contributed by atoms with Crippen molar-refractivity contribution >= 4 is 5.97 Å². The van der Waals surface area contributed by atoms with E-state index >= 15 is 0 Å². The van der Waals surface area contributed by atoms with Crippen LogP contribution in [0, 0.1) is 0 Å². The number of halogens is 3. The van der Waals surface area contributed by atoms with Crippen LogP contribution in [0.15, 0.2) is 12.3 Å². The lowest BCUT2D eigenvalue weighted by atomic mass is 10.1. The van der Waals surface area contributed by atoms with E-state index in [0.717, 1.165) is 12.3 Å². The van der Waals surface area contributed by atoms with Crippen LogP contribution in [0.2, 0.25) is 0 Å². The van der Waals surface area contributed by atoms with Crippen LogP contribution in [0.25, 0.3) is 0 Å². The van der Waals surface area contributed by atoms with Gasteiger partial charge in [0, 0.05) is 12.7 Å². The molecule has 1 rings (SSSR count). The fraction of sp³-hybridized carbons (Fsp3) is 0.400. The largest absolute Gasteiger partial charge is 0.462 e. The van der Waals surface area contributed by atoms with Crippen molar-refractivity contribution < 1.29 is 22.7 Å². The summed E-state index contributed by atoms with van der Waals surface area (Å²) >= 11 is 0. The molecule has 0 saturated carbocycles. The van der Waals surface area contributed by atoms with Gasteiger partial charge in [-0.25, -0.2) is 4.79 Å². The monoisotopic (exact) mass is 248 g/mol. The third kappa shape index (κ3) is 3.16. The summed E-state index contributed by atoms with van der Waals surface area (Å²) in [6.07, 6.45) is -3.71. The number of carbonyl (C=O) groups excluding carboxylic acids is 1. The number of hydrogen-bond donors (Lipinski definition) is 1. The normalized spacial score (nSPS) is 11.4. The van der Waals surface area contributed by atoms with Gasteiger partial charge >= 0.3 is 12.1 Å². The van der Waals surface area contributed by atoms with Crippen LogP contribution >= 0.6 is 0 Å². The van der Waals surface area contributed by atoms with Gasteiger partial charge in [-0.3, -0.25) is 4.98 Å². The molecule has 17 heavy (non-hydrogen) atoms. The summed E-state index contributed by atoms with van der Waals surface area (Å²) in [7, 11) is 0. The number of nitrogens with two attached hydrogens (primary N) is 1. The average Bonchev–Trinajstić information content (AvgIpc) is 2.27. The Morgan fingerprint density at radius 3 is 2.65 bits per heavy atom. The summed E-state index contributed by atoms with van der Waals surface area (Å²) in [5.41, 5.74) is 3.75. The molecule has 1 heterocycles. The Morgan fingerprint density at radius 2 is 2.18 bits per heavy atom. The zero-order valence-corrected chi connectivity index (χ0v) is 9.04. The highest BCUT2D eigenvalue weighted by Crippen LogP contribution is 2.30. The van der Waals surface area contributed by atoms with E-state index in [1.807, 2.05) is 0 Å². The SMILES string of the molecule is CCOC(=O)c1cc(CN)cnc1C(F)(F)F. The highest BCUT2D eigenvalue weighted by molar-refractivity contribution is 5.91. The summed E-state index contributed by atoms with van der Waals surface area (Å²) in [4.78, 5) is 14.6. The maximum Gasteiger partial charge on any atom is 0.434 e. The first kappa shape index (κ1) is 13.4. The van der Waals surface area contributed by atoms with Gasteiger partial charge in [0.05, 0.1) is 12.2 Å². The maximum absolute atomic E-state index is 12.6. The molecule has 1 aromatic rings. The molecule has 0 radical (unpaired) electrons. The number of ether oxygens (including phenoxy) is 1. The molecule has 0 fully saturated rings. The van der Waals surface area contributed by atoms with Crippen LogP contribution < -0.4 is 5.73 Å². The van der Waals surface area contributed by atoms with Gasteiger partial charge in [0.25, 0.3) is 0 Å². The Balaban J connectivity index is 3.26. The molecule has 0 aliphatic heterocycles. The topological polar surface area (TPSA) is 65.2 Å². The molecule has 2 N–H and O–H groups in total. The molecule has 4 nitrogen and oxygen atoms in total. The Bertz CT molecular complexity index is 419. The molecule has 0 saturated heterocycles. The van der Waals surface area contributed by atoms with Gasteiger partial charge in [-0.15, -0.1) is 0 Å². The van der Waals surface area contributed by atoms with Crippen LogP contribution in [0.3, 0.4) is 0 Å². The predicted octanol–water partition coefficient (Wildman–Crippen LogP) is 1.74. The van der Waals surface area contributed by atoms with Gasteiger partial charge in [-0.2, -0.15) is 13.2 Å². The molecule has 0 unspecified atom stereocenters. The molecule has 94 valence electrons. The van der Waals surface area contributed by atoms with E-state index in [0.29, 0.717) is 5.56 Å². The van der Waals surface area contributed by atoms with Gasteiger partial charge in [-0.1, -0.05) is 0 Å². The first-order valence-corrected chi connectivity index (χ1v) is 4.83. The highest BCUT2D eigenvalue weighted by atomic mass is 19.4. The molecule has 0 spiro atoms. The first-order chi connectivity index (χ1) is 7.90. The Labute approximate surface area is 95.6 Å². The Hall–Kier alpha value is -1.63. The molecule has 0 aliphatic rings. The van der Waals surface area contributed by atoms with Crippen molar-refractivity contribution in [2.45, 2.75) is 19.6 Å². The van der Waals surface area contributed by atoms with E-state index in [1.54, 1.807) is 0 Å². The first-order valence-electron chi connectivity index (χ1n) is 4.83. The van der Waals surface area contributed by atoms with Crippen LogP contribution in [-0.4, -0.2) is 17.6 Å². The minimum absolute atomic E-state index is 0.00244. The van der Waals surface area contributed by atoms with E-state index in [9.17, 15) is 18.0 Å². The smallest absolute Gasteiger partial charge is 0.434 e. The number of esters is 1. The van der Waals surface area contributed by atoms with Crippen molar-refractivity contribution in [3.63, 3.8) is 0 Å². The van der Waals surface area contributed by atoms with Crippen LogP contribution in [-0.2, 0) is 17.5 Å². The fourth-order valence-electron chi connectivity index (χ4n) is 1.21. The zero-order chi connectivity index (χ0) is 13.1. The second kappa shape index (κ2) is 5.13. The van der Waals surface area contributed by atoms with Crippen LogP contribution in [0.1, 0.15) is 28.5 Å². The summed E-state index contributed by atoms with van der Waals surface area (Å²) in [6.45, 7) is 1.49. The Morgan fingerprint density at radius 1 is 1.53 bits per heavy atom. The van der Waals surface area contributed by atoms with Gasteiger partial charge in [0.1, 0.15) is 0 Å². The molecule has 7 heteroatoms. The molecule has 1 aromatic heterocycles. The highest BCUT2D eigenvalue weighted by Gasteiger charge is 2.37. The van der Waals surface area contributed by atoms with Crippen molar-refractivity contribution in [2.24, 2.45) is 5.73 Å². The lowest BCUT2D eigenvalue weighted by molar-refractivity contribution is -0.141. The van der Waals surface area contributed by atoms with E-state index in [1.165, 1.54) is 6.92 Å². The number of rotatable bonds is 3. The summed E-state index contributed by atoms with van der Waals surface area (Å²) in [5, 5.41) is 0. The van der Waals surface area contributed by atoms with Crippen LogP contribution in [0.5, 0.6) is 0 Å². The van der Waals surface area contributed by atoms with Crippen molar-refractivity contribution in [1.82, 2.24) is 4.98 Å². The quantitative estimate of drug-likeness (QED) is 0.827. The average molecular weight is 248 g/mol. The van der Waals surface area contributed by atoms with E-state index < -0.39 is 23.4 Å². The lowest BCUT2D eigenvalue weighted by Crippen LogP contribution is -2.18. The van der Waals surface area contributed by atoms with Crippen molar-refractivity contribution in [2.75, 3.05) is 6.61 Å². The summed E-state index contributed by atoms with van der Waals surface area (Å²) < 4.78 is 42.3. The minimum atomic E-state index is -4.70. The van der Waals surface area contributed by atoms with E-state index in [2.05, 4.69) is 9.72 Å². The van der Waals surface area contributed by atoms with Crippen molar-refractivity contribution in [1.29, 1.82) is 0 Å². The van der Waals surface area contributed by atoms with Gasteiger partial charge in [-0.05, 0) is 18.6 Å².